The van der Waals surface area contributed by atoms with Gasteiger partial charge in [0.25, 0.3) is 0 Å². The van der Waals surface area contributed by atoms with Crippen LogP contribution in [0.25, 0.3) is 0 Å². The highest BCUT2D eigenvalue weighted by Crippen LogP contribution is 2.21. The quantitative estimate of drug-likeness (QED) is 0.779. The number of anilines is 1. The normalized spacial score (nSPS) is 22.4. The van der Waals surface area contributed by atoms with Crippen molar-refractivity contribution in [3.8, 4) is 0 Å². The molecule has 0 spiro atoms. The zero-order valence-electron chi connectivity index (χ0n) is 10.2. The number of aliphatic hydroxyl groups excluding tert-OH is 1. The molecule has 1 aliphatic carbocycles. The van der Waals surface area contributed by atoms with Gasteiger partial charge in [-0.05, 0) is 37.5 Å². The van der Waals surface area contributed by atoms with Crippen molar-refractivity contribution in [2.45, 2.75) is 31.9 Å². The Kier molecular flexibility index (Phi) is 4.22. The molecule has 0 bridgehead atoms. The summed E-state index contributed by atoms with van der Waals surface area (Å²) < 4.78 is 0. The number of hydrogen-bond acceptors (Lipinski definition) is 3. The molecule has 0 aromatic heterocycles. The summed E-state index contributed by atoms with van der Waals surface area (Å²) in [6, 6.07) is 5.65. The molecule has 0 heterocycles. The molecule has 1 aliphatic rings. The number of nitrogens with one attached hydrogen (secondary N) is 2. The van der Waals surface area contributed by atoms with E-state index in [2.05, 4.69) is 10.6 Å². The van der Waals surface area contributed by atoms with Gasteiger partial charge < -0.3 is 15.7 Å². The number of aryl methyl sites for hydroxylation is 1. The van der Waals surface area contributed by atoms with Gasteiger partial charge in [0.2, 0.25) is 5.91 Å². The molecule has 0 atom stereocenters. The van der Waals surface area contributed by atoms with Crippen LogP contribution in [0, 0.1) is 6.92 Å². The molecule has 0 saturated heterocycles. The fourth-order valence-electron chi connectivity index (χ4n) is 1.91. The van der Waals surface area contributed by atoms with E-state index in [1.165, 1.54) is 0 Å². The van der Waals surface area contributed by atoms with E-state index in [-0.39, 0.29) is 24.6 Å². The third-order valence-electron chi connectivity index (χ3n) is 3.14. The molecule has 0 aliphatic heterocycles. The van der Waals surface area contributed by atoms with E-state index >= 15 is 0 Å². The zero-order valence-corrected chi connectivity index (χ0v) is 11.0. The number of halogens is 1. The summed E-state index contributed by atoms with van der Waals surface area (Å²) in [7, 11) is 0. The van der Waals surface area contributed by atoms with Gasteiger partial charge in [-0.15, -0.1) is 0 Å². The van der Waals surface area contributed by atoms with Crippen LogP contribution in [-0.2, 0) is 4.79 Å². The molecule has 4 nitrogen and oxygen atoms in total. The first kappa shape index (κ1) is 13.3. The fraction of sp³-hybridized carbons (Fsp3) is 0.462. The lowest BCUT2D eigenvalue weighted by Gasteiger charge is -2.31. The van der Waals surface area contributed by atoms with Gasteiger partial charge in [0.15, 0.2) is 0 Å². The van der Waals surface area contributed by atoms with E-state index in [0.717, 1.165) is 24.1 Å². The standard InChI is InChI=1S/C13H17ClN2O2/c1-8-2-3-9(14)4-12(8)16-13(18)7-15-10-5-11(17)6-10/h2-4,10-11,15,17H,5-7H2,1H3,(H,16,18). The molecule has 0 unspecified atom stereocenters. The topological polar surface area (TPSA) is 61.4 Å². The largest absolute Gasteiger partial charge is 0.393 e. The van der Waals surface area contributed by atoms with Gasteiger partial charge >= 0.3 is 0 Å². The van der Waals surface area contributed by atoms with E-state index < -0.39 is 0 Å². The molecule has 98 valence electrons. The third-order valence-corrected chi connectivity index (χ3v) is 3.37. The summed E-state index contributed by atoms with van der Waals surface area (Å²) >= 11 is 5.88. The molecule has 3 N–H and O–H groups in total. The Balaban J connectivity index is 1.81. The first-order chi connectivity index (χ1) is 8.54. The number of hydrogen-bond donors (Lipinski definition) is 3. The number of carbonyl (C=O) groups excluding carboxylic acids is 1. The van der Waals surface area contributed by atoms with E-state index in [1.807, 2.05) is 13.0 Å². The summed E-state index contributed by atoms with van der Waals surface area (Å²) in [4.78, 5) is 11.7. The van der Waals surface area contributed by atoms with Gasteiger partial charge in [-0.25, -0.2) is 0 Å². The Hall–Kier alpha value is -1.10. The van der Waals surface area contributed by atoms with Crippen molar-refractivity contribution in [1.29, 1.82) is 0 Å². The molecule has 1 amide bonds. The third kappa shape index (κ3) is 3.45. The van der Waals surface area contributed by atoms with E-state index in [0.29, 0.717) is 5.02 Å². The van der Waals surface area contributed by atoms with Crippen LogP contribution in [0.5, 0.6) is 0 Å². The molecule has 1 fully saturated rings. The number of rotatable bonds is 4. The van der Waals surface area contributed by atoms with Crippen molar-refractivity contribution in [1.82, 2.24) is 5.32 Å². The van der Waals surface area contributed by atoms with Crippen LogP contribution in [0.3, 0.4) is 0 Å². The lowest BCUT2D eigenvalue weighted by atomic mass is 9.89. The summed E-state index contributed by atoms with van der Waals surface area (Å²) in [6.07, 6.45) is 1.24. The molecule has 2 rings (SSSR count). The molecule has 1 aromatic rings. The van der Waals surface area contributed by atoms with Crippen molar-refractivity contribution in [3.05, 3.63) is 28.8 Å². The Labute approximate surface area is 111 Å². The lowest BCUT2D eigenvalue weighted by Crippen LogP contribution is -2.46. The first-order valence-corrected chi connectivity index (χ1v) is 6.40. The highest BCUT2D eigenvalue weighted by atomic mass is 35.5. The van der Waals surface area contributed by atoms with Crippen LogP contribution in [0.2, 0.25) is 5.02 Å². The van der Waals surface area contributed by atoms with Gasteiger partial charge in [0.05, 0.1) is 12.6 Å². The Morgan fingerprint density at radius 1 is 1.50 bits per heavy atom. The highest BCUT2D eigenvalue weighted by Gasteiger charge is 2.26. The van der Waals surface area contributed by atoms with Gasteiger partial charge in [0, 0.05) is 16.8 Å². The highest BCUT2D eigenvalue weighted by molar-refractivity contribution is 6.31. The van der Waals surface area contributed by atoms with Crippen LogP contribution < -0.4 is 10.6 Å². The number of amides is 1. The zero-order chi connectivity index (χ0) is 13.1. The predicted octanol–water partition coefficient (Wildman–Crippen LogP) is 1.70. The molecule has 5 heteroatoms. The molecular weight excluding hydrogens is 252 g/mol. The second-order valence-corrected chi connectivity index (χ2v) is 5.15. The van der Waals surface area contributed by atoms with Crippen molar-refractivity contribution >= 4 is 23.2 Å². The van der Waals surface area contributed by atoms with E-state index in [9.17, 15) is 4.79 Å². The minimum atomic E-state index is -0.208. The summed E-state index contributed by atoms with van der Waals surface area (Å²) in [6.45, 7) is 2.17. The minimum absolute atomic E-state index is 0.0956. The van der Waals surface area contributed by atoms with Gasteiger partial charge in [-0.1, -0.05) is 17.7 Å². The summed E-state index contributed by atoms with van der Waals surface area (Å²) in [5.41, 5.74) is 1.72. The second kappa shape index (κ2) is 5.69. The molecule has 1 aromatic carbocycles. The van der Waals surface area contributed by atoms with Gasteiger partial charge in [-0.3, -0.25) is 4.79 Å². The smallest absolute Gasteiger partial charge is 0.238 e. The first-order valence-electron chi connectivity index (χ1n) is 6.02. The Morgan fingerprint density at radius 3 is 2.89 bits per heavy atom. The SMILES string of the molecule is Cc1ccc(Cl)cc1NC(=O)CNC1CC(O)C1. The number of aliphatic hydroxyl groups is 1. The van der Waals surface area contributed by atoms with E-state index in [1.54, 1.807) is 12.1 Å². The number of carbonyl (C=O) groups is 1. The summed E-state index contributed by atoms with van der Waals surface area (Å²) in [5, 5.41) is 15.6. The maximum Gasteiger partial charge on any atom is 0.238 e. The van der Waals surface area contributed by atoms with Crippen molar-refractivity contribution in [2.24, 2.45) is 0 Å². The maximum absolute atomic E-state index is 11.7. The van der Waals surface area contributed by atoms with Gasteiger partial charge in [0.1, 0.15) is 0 Å². The average Bonchev–Trinajstić information content (AvgIpc) is 2.28. The Morgan fingerprint density at radius 2 is 2.22 bits per heavy atom. The molecule has 0 radical (unpaired) electrons. The van der Waals surface area contributed by atoms with Crippen LogP contribution in [-0.4, -0.2) is 29.7 Å². The molecule has 18 heavy (non-hydrogen) atoms. The van der Waals surface area contributed by atoms with Crippen LogP contribution in [0.4, 0.5) is 5.69 Å². The molecular formula is C13H17ClN2O2. The lowest BCUT2D eigenvalue weighted by molar-refractivity contribution is -0.115. The Bertz CT molecular complexity index is 445. The fourth-order valence-corrected chi connectivity index (χ4v) is 2.09. The van der Waals surface area contributed by atoms with Crippen LogP contribution in [0.1, 0.15) is 18.4 Å². The van der Waals surface area contributed by atoms with Crippen molar-refractivity contribution in [3.63, 3.8) is 0 Å². The van der Waals surface area contributed by atoms with Crippen LogP contribution in [0.15, 0.2) is 18.2 Å². The molecule has 1 saturated carbocycles. The van der Waals surface area contributed by atoms with Gasteiger partial charge in [-0.2, -0.15) is 0 Å². The van der Waals surface area contributed by atoms with Crippen molar-refractivity contribution in [2.75, 3.05) is 11.9 Å². The van der Waals surface area contributed by atoms with E-state index in [4.69, 9.17) is 16.7 Å². The number of benzene rings is 1. The average molecular weight is 269 g/mol. The van der Waals surface area contributed by atoms with Crippen LogP contribution >= 0.6 is 11.6 Å². The maximum atomic E-state index is 11.7. The van der Waals surface area contributed by atoms with Crippen molar-refractivity contribution < 1.29 is 9.90 Å². The predicted molar refractivity (Wildman–Crippen MR) is 71.9 cm³/mol. The summed E-state index contributed by atoms with van der Waals surface area (Å²) in [5.74, 6) is -0.0956. The second-order valence-electron chi connectivity index (χ2n) is 4.71. The minimum Gasteiger partial charge on any atom is -0.393 e. The monoisotopic (exact) mass is 268 g/mol.